The van der Waals surface area contributed by atoms with Crippen LogP contribution in [-0.4, -0.2) is 41.9 Å². The Balaban J connectivity index is 1.48. The molecule has 1 amide bonds. The van der Waals surface area contributed by atoms with E-state index in [-0.39, 0.29) is 5.56 Å². The SMILES string of the molecule is O=C(c1ccccc1C(F)(F)F)N1CCN(Cc2cc(=O)oc3cc(Br)ccc23)CC1. The molecule has 9 heteroatoms. The van der Waals surface area contributed by atoms with Crippen molar-refractivity contribution in [2.24, 2.45) is 0 Å². The number of piperazine rings is 1. The molecule has 4 rings (SSSR count). The fourth-order valence-electron chi connectivity index (χ4n) is 3.77. The number of benzene rings is 2. The maximum absolute atomic E-state index is 13.3. The van der Waals surface area contributed by atoms with Crippen LogP contribution in [0.5, 0.6) is 0 Å². The summed E-state index contributed by atoms with van der Waals surface area (Å²) in [7, 11) is 0. The van der Waals surface area contributed by atoms with Gasteiger partial charge in [-0.05, 0) is 35.9 Å². The molecule has 1 saturated heterocycles. The van der Waals surface area contributed by atoms with Gasteiger partial charge >= 0.3 is 11.8 Å². The fourth-order valence-corrected chi connectivity index (χ4v) is 4.11. The van der Waals surface area contributed by atoms with E-state index in [9.17, 15) is 22.8 Å². The van der Waals surface area contributed by atoms with Crippen LogP contribution >= 0.6 is 15.9 Å². The Morgan fingerprint density at radius 2 is 1.74 bits per heavy atom. The van der Waals surface area contributed by atoms with Crippen molar-refractivity contribution in [2.45, 2.75) is 12.7 Å². The van der Waals surface area contributed by atoms with Gasteiger partial charge in [0, 0.05) is 48.6 Å². The Hall–Kier alpha value is -2.65. The average molecular weight is 495 g/mol. The number of rotatable bonds is 3. The molecule has 2 heterocycles. The smallest absolute Gasteiger partial charge is 0.417 e. The highest BCUT2D eigenvalue weighted by Gasteiger charge is 2.36. The fraction of sp³-hybridized carbons (Fsp3) is 0.273. The van der Waals surface area contributed by atoms with Gasteiger partial charge in [-0.15, -0.1) is 0 Å². The van der Waals surface area contributed by atoms with E-state index in [0.29, 0.717) is 38.3 Å². The summed E-state index contributed by atoms with van der Waals surface area (Å²) in [6.07, 6.45) is -4.58. The monoisotopic (exact) mass is 494 g/mol. The summed E-state index contributed by atoms with van der Waals surface area (Å²) in [5.41, 5.74) is -0.412. The van der Waals surface area contributed by atoms with Crippen molar-refractivity contribution < 1.29 is 22.4 Å². The summed E-state index contributed by atoms with van der Waals surface area (Å²) >= 11 is 3.36. The lowest BCUT2D eigenvalue weighted by atomic mass is 10.1. The average Bonchev–Trinajstić information content (AvgIpc) is 2.72. The minimum atomic E-state index is -4.58. The van der Waals surface area contributed by atoms with Crippen LogP contribution in [0.2, 0.25) is 0 Å². The molecule has 0 saturated carbocycles. The molecule has 0 aliphatic carbocycles. The predicted octanol–water partition coefficient (Wildman–Crippen LogP) is 4.53. The molecule has 162 valence electrons. The number of alkyl halides is 3. The Bertz CT molecular complexity index is 1180. The number of carbonyl (C=O) groups excluding carboxylic acids is 1. The van der Waals surface area contributed by atoms with E-state index in [1.807, 2.05) is 12.1 Å². The van der Waals surface area contributed by atoms with E-state index < -0.39 is 23.3 Å². The quantitative estimate of drug-likeness (QED) is 0.502. The van der Waals surface area contributed by atoms with Crippen LogP contribution < -0.4 is 5.63 Å². The van der Waals surface area contributed by atoms with E-state index in [0.717, 1.165) is 21.5 Å². The predicted molar refractivity (Wildman–Crippen MR) is 113 cm³/mol. The van der Waals surface area contributed by atoms with Crippen molar-refractivity contribution in [2.75, 3.05) is 26.2 Å². The zero-order valence-electron chi connectivity index (χ0n) is 16.3. The van der Waals surface area contributed by atoms with Crippen molar-refractivity contribution >= 4 is 32.8 Å². The van der Waals surface area contributed by atoms with Gasteiger partial charge in [0.1, 0.15) is 5.58 Å². The van der Waals surface area contributed by atoms with Crippen molar-refractivity contribution in [3.8, 4) is 0 Å². The number of fused-ring (bicyclic) bond motifs is 1. The Kier molecular flexibility index (Phi) is 5.90. The van der Waals surface area contributed by atoms with Crippen LogP contribution in [0.15, 0.2) is 62.2 Å². The highest BCUT2D eigenvalue weighted by molar-refractivity contribution is 9.10. The molecule has 0 bridgehead atoms. The minimum absolute atomic E-state index is 0.302. The van der Waals surface area contributed by atoms with Crippen molar-refractivity contribution in [3.05, 3.63) is 80.1 Å². The number of halogens is 4. The standard InChI is InChI=1S/C22H18BrF3N2O3/c23-15-5-6-16-14(11-20(29)31-19(16)12-15)13-27-7-9-28(10-8-27)21(30)17-3-1-2-4-18(17)22(24,25)26/h1-6,11-12H,7-10,13H2. The first-order valence-corrected chi connectivity index (χ1v) is 10.4. The van der Waals surface area contributed by atoms with Crippen LogP contribution in [0.3, 0.4) is 0 Å². The lowest BCUT2D eigenvalue weighted by Gasteiger charge is -2.35. The second kappa shape index (κ2) is 8.47. The zero-order chi connectivity index (χ0) is 22.2. The summed E-state index contributed by atoms with van der Waals surface area (Å²) in [5, 5.41) is 0.820. The van der Waals surface area contributed by atoms with E-state index >= 15 is 0 Å². The van der Waals surface area contributed by atoms with Gasteiger partial charge in [0.2, 0.25) is 0 Å². The van der Waals surface area contributed by atoms with Gasteiger partial charge < -0.3 is 9.32 Å². The van der Waals surface area contributed by atoms with Gasteiger partial charge in [0.15, 0.2) is 0 Å². The Labute approximate surface area is 184 Å². The first-order chi connectivity index (χ1) is 14.7. The maximum atomic E-state index is 13.3. The highest BCUT2D eigenvalue weighted by Crippen LogP contribution is 2.32. The molecular formula is C22H18BrF3N2O3. The molecule has 1 fully saturated rings. The highest BCUT2D eigenvalue weighted by atomic mass is 79.9. The van der Waals surface area contributed by atoms with Crippen LogP contribution in [0.25, 0.3) is 11.0 Å². The van der Waals surface area contributed by atoms with Crippen LogP contribution in [0, 0.1) is 0 Å². The van der Waals surface area contributed by atoms with E-state index in [4.69, 9.17) is 4.42 Å². The molecule has 1 aliphatic rings. The second-order valence-corrected chi connectivity index (χ2v) is 8.26. The largest absolute Gasteiger partial charge is 0.423 e. The molecule has 0 atom stereocenters. The number of nitrogens with zero attached hydrogens (tertiary/aromatic N) is 2. The lowest BCUT2D eigenvalue weighted by Crippen LogP contribution is -2.48. The normalized spacial score (nSPS) is 15.4. The Morgan fingerprint density at radius 1 is 1.03 bits per heavy atom. The van der Waals surface area contributed by atoms with Crippen molar-refractivity contribution in [1.29, 1.82) is 0 Å². The third-order valence-corrected chi connectivity index (χ3v) is 5.80. The molecule has 2 aromatic carbocycles. The molecule has 31 heavy (non-hydrogen) atoms. The molecule has 0 N–H and O–H groups in total. The molecule has 0 radical (unpaired) electrons. The summed E-state index contributed by atoms with van der Waals surface area (Å²) in [4.78, 5) is 28.2. The molecule has 1 aromatic heterocycles. The van der Waals surface area contributed by atoms with Crippen LogP contribution in [0.4, 0.5) is 13.2 Å². The topological polar surface area (TPSA) is 53.8 Å². The van der Waals surface area contributed by atoms with E-state index in [1.54, 1.807) is 6.07 Å². The van der Waals surface area contributed by atoms with Crippen LogP contribution in [-0.2, 0) is 12.7 Å². The molecular weight excluding hydrogens is 477 g/mol. The van der Waals surface area contributed by atoms with Gasteiger partial charge in [0.05, 0.1) is 11.1 Å². The molecule has 1 aliphatic heterocycles. The summed E-state index contributed by atoms with van der Waals surface area (Å²) in [5.74, 6) is -0.622. The number of carbonyl (C=O) groups is 1. The third-order valence-electron chi connectivity index (χ3n) is 5.31. The van der Waals surface area contributed by atoms with Gasteiger partial charge in [-0.3, -0.25) is 9.69 Å². The molecule has 3 aromatic rings. The van der Waals surface area contributed by atoms with Crippen LogP contribution in [0.1, 0.15) is 21.5 Å². The van der Waals surface area contributed by atoms with Gasteiger partial charge in [0.25, 0.3) is 5.91 Å². The minimum Gasteiger partial charge on any atom is -0.423 e. The summed E-state index contributed by atoms with van der Waals surface area (Å²) in [6, 6.07) is 11.8. The van der Waals surface area contributed by atoms with E-state index in [2.05, 4.69) is 20.8 Å². The summed E-state index contributed by atoms with van der Waals surface area (Å²) in [6.45, 7) is 2.05. The number of hydrogen-bond donors (Lipinski definition) is 0. The van der Waals surface area contributed by atoms with Gasteiger partial charge in [-0.1, -0.05) is 28.1 Å². The summed E-state index contributed by atoms with van der Waals surface area (Å²) < 4.78 is 45.8. The first-order valence-electron chi connectivity index (χ1n) is 9.62. The molecule has 5 nitrogen and oxygen atoms in total. The van der Waals surface area contributed by atoms with Crippen molar-refractivity contribution in [1.82, 2.24) is 9.80 Å². The van der Waals surface area contributed by atoms with Gasteiger partial charge in [-0.2, -0.15) is 13.2 Å². The van der Waals surface area contributed by atoms with Gasteiger partial charge in [-0.25, -0.2) is 4.79 Å². The maximum Gasteiger partial charge on any atom is 0.417 e. The Morgan fingerprint density at radius 3 is 2.45 bits per heavy atom. The lowest BCUT2D eigenvalue weighted by molar-refractivity contribution is -0.138. The number of hydrogen-bond acceptors (Lipinski definition) is 4. The third kappa shape index (κ3) is 4.67. The number of amides is 1. The van der Waals surface area contributed by atoms with E-state index in [1.165, 1.54) is 29.2 Å². The zero-order valence-corrected chi connectivity index (χ0v) is 17.9. The molecule has 0 unspecified atom stereocenters. The van der Waals surface area contributed by atoms with Crippen molar-refractivity contribution in [3.63, 3.8) is 0 Å². The first kappa shape index (κ1) is 21.6. The molecule has 0 spiro atoms. The second-order valence-electron chi connectivity index (χ2n) is 7.34.